The normalized spacial score (nSPS) is 10.3. The van der Waals surface area contributed by atoms with Gasteiger partial charge in [0.15, 0.2) is 0 Å². The van der Waals surface area contributed by atoms with Gasteiger partial charge in [-0.3, -0.25) is 4.98 Å². The fourth-order valence-electron chi connectivity index (χ4n) is 0.868. The van der Waals surface area contributed by atoms with E-state index in [9.17, 15) is 0 Å². The van der Waals surface area contributed by atoms with E-state index in [1.165, 1.54) is 6.21 Å². The highest BCUT2D eigenvalue weighted by Gasteiger charge is 1.92. The zero-order valence-electron chi connectivity index (χ0n) is 6.41. The lowest BCUT2D eigenvalue weighted by Gasteiger charge is -1.95. The van der Waals surface area contributed by atoms with Crippen molar-refractivity contribution < 1.29 is 0 Å². The Hall–Kier alpha value is -1.44. The molecule has 0 bridgehead atoms. The molecule has 0 aliphatic rings. The molecule has 1 rings (SSSR count). The summed E-state index contributed by atoms with van der Waals surface area (Å²) < 4.78 is 0. The van der Waals surface area contributed by atoms with Gasteiger partial charge in [0.25, 0.3) is 0 Å². The number of nitrogens with zero attached hydrogens (tertiary/aromatic N) is 1. The summed E-state index contributed by atoms with van der Waals surface area (Å²) in [7, 11) is 0. The van der Waals surface area contributed by atoms with Crippen molar-refractivity contribution in [1.29, 1.82) is 5.41 Å². The molecule has 11 heavy (non-hydrogen) atoms. The van der Waals surface area contributed by atoms with Crippen LogP contribution >= 0.6 is 0 Å². The third-order valence-corrected chi connectivity index (χ3v) is 1.39. The van der Waals surface area contributed by atoms with Crippen LogP contribution in [0.1, 0.15) is 18.1 Å². The highest BCUT2D eigenvalue weighted by molar-refractivity contribution is 5.82. The maximum atomic E-state index is 7.08. The van der Waals surface area contributed by atoms with Crippen molar-refractivity contribution in [2.45, 2.75) is 6.92 Å². The molecule has 0 radical (unpaired) electrons. The minimum Gasteiger partial charge on any atom is -0.308 e. The fourth-order valence-corrected chi connectivity index (χ4v) is 0.868. The molecule has 2 heteroatoms. The smallest absolute Gasteiger partial charge is 0.0346 e. The van der Waals surface area contributed by atoms with Gasteiger partial charge in [-0.25, -0.2) is 0 Å². The molecule has 2 nitrogen and oxygen atoms in total. The lowest BCUT2D eigenvalue weighted by molar-refractivity contribution is 1.31. The van der Waals surface area contributed by atoms with Crippen LogP contribution in [0.5, 0.6) is 0 Å². The predicted octanol–water partition coefficient (Wildman–Crippen LogP) is 2.11. The standard InChI is InChI=1S/C9H10N2/c1-2-3-9-7-11-5-4-8(9)6-10/h2-7,10H,1H3/b3-2-,10-6?. The first-order valence-corrected chi connectivity index (χ1v) is 3.45. The second-order valence-corrected chi connectivity index (χ2v) is 2.15. The van der Waals surface area contributed by atoms with E-state index in [-0.39, 0.29) is 0 Å². The van der Waals surface area contributed by atoms with E-state index in [0.717, 1.165) is 11.1 Å². The van der Waals surface area contributed by atoms with Crippen LogP contribution in [0.25, 0.3) is 6.08 Å². The summed E-state index contributed by atoms with van der Waals surface area (Å²) in [5.74, 6) is 0. The van der Waals surface area contributed by atoms with Crippen LogP contribution in [0.4, 0.5) is 0 Å². The monoisotopic (exact) mass is 146 g/mol. The molecule has 0 saturated heterocycles. The van der Waals surface area contributed by atoms with Crippen LogP contribution in [-0.4, -0.2) is 11.2 Å². The zero-order chi connectivity index (χ0) is 8.10. The van der Waals surface area contributed by atoms with E-state index in [1.54, 1.807) is 12.4 Å². The Morgan fingerprint density at radius 1 is 1.45 bits per heavy atom. The maximum absolute atomic E-state index is 7.08. The Morgan fingerprint density at radius 2 is 2.27 bits per heavy atom. The van der Waals surface area contributed by atoms with E-state index >= 15 is 0 Å². The first-order valence-electron chi connectivity index (χ1n) is 3.45. The number of allylic oxidation sites excluding steroid dienone is 1. The summed E-state index contributed by atoms with van der Waals surface area (Å²) in [6.45, 7) is 1.95. The highest BCUT2D eigenvalue weighted by atomic mass is 14.6. The van der Waals surface area contributed by atoms with Crippen LogP contribution in [0, 0.1) is 5.41 Å². The summed E-state index contributed by atoms with van der Waals surface area (Å²) in [4.78, 5) is 3.96. The van der Waals surface area contributed by atoms with Gasteiger partial charge in [0.1, 0.15) is 0 Å². The van der Waals surface area contributed by atoms with Crippen molar-refractivity contribution in [1.82, 2.24) is 4.98 Å². The average molecular weight is 146 g/mol. The van der Waals surface area contributed by atoms with Crippen LogP contribution in [0.3, 0.4) is 0 Å². The number of rotatable bonds is 2. The maximum Gasteiger partial charge on any atom is 0.0346 e. The summed E-state index contributed by atoms with van der Waals surface area (Å²) >= 11 is 0. The molecule has 0 saturated carbocycles. The Morgan fingerprint density at radius 3 is 2.91 bits per heavy atom. The van der Waals surface area contributed by atoms with Crippen molar-refractivity contribution in [2.75, 3.05) is 0 Å². The Kier molecular flexibility index (Phi) is 2.55. The molecule has 56 valence electrons. The van der Waals surface area contributed by atoms with Gasteiger partial charge in [-0.05, 0) is 13.0 Å². The minimum absolute atomic E-state index is 0.901. The van der Waals surface area contributed by atoms with Gasteiger partial charge in [-0.15, -0.1) is 0 Å². The van der Waals surface area contributed by atoms with Gasteiger partial charge in [0.05, 0.1) is 0 Å². The Balaban J connectivity index is 3.11. The summed E-state index contributed by atoms with van der Waals surface area (Å²) in [5.41, 5.74) is 1.89. The van der Waals surface area contributed by atoms with Gasteiger partial charge in [0.2, 0.25) is 0 Å². The number of aromatic nitrogens is 1. The highest BCUT2D eigenvalue weighted by Crippen LogP contribution is 2.05. The lowest BCUT2D eigenvalue weighted by Crippen LogP contribution is -1.85. The van der Waals surface area contributed by atoms with Gasteiger partial charge in [0, 0.05) is 29.7 Å². The second-order valence-electron chi connectivity index (χ2n) is 2.15. The quantitative estimate of drug-likeness (QED) is 0.637. The molecule has 1 N–H and O–H groups in total. The zero-order valence-corrected chi connectivity index (χ0v) is 6.41. The van der Waals surface area contributed by atoms with E-state index in [1.807, 2.05) is 25.1 Å². The largest absolute Gasteiger partial charge is 0.308 e. The molecule has 0 aliphatic heterocycles. The van der Waals surface area contributed by atoms with Gasteiger partial charge < -0.3 is 5.41 Å². The number of hydrogen-bond acceptors (Lipinski definition) is 2. The topological polar surface area (TPSA) is 36.7 Å². The predicted molar refractivity (Wildman–Crippen MR) is 46.8 cm³/mol. The molecule has 1 aromatic heterocycles. The number of pyridine rings is 1. The minimum atomic E-state index is 0.901. The molecule has 0 atom stereocenters. The SMILES string of the molecule is C/C=C\c1cnccc1C=N. The molecule has 1 aromatic rings. The molecular weight excluding hydrogens is 136 g/mol. The van der Waals surface area contributed by atoms with Crippen LogP contribution < -0.4 is 0 Å². The van der Waals surface area contributed by atoms with Crippen molar-refractivity contribution >= 4 is 12.3 Å². The molecule has 0 aromatic carbocycles. The van der Waals surface area contributed by atoms with Crippen molar-refractivity contribution in [3.8, 4) is 0 Å². The average Bonchev–Trinajstić information content (AvgIpc) is 2.06. The number of nitrogens with one attached hydrogen (secondary N) is 1. The van der Waals surface area contributed by atoms with Crippen molar-refractivity contribution in [2.24, 2.45) is 0 Å². The molecule has 0 fully saturated rings. The molecule has 1 heterocycles. The van der Waals surface area contributed by atoms with Gasteiger partial charge in [-0.2, -0.15) is 0 Å². The van der Waals surface area contributed by atoms with E-state index in [4.69, 9.17) is 5.41 Å². The first-order chi connectivity index (χ1) is 5.38. The first kappa shape index (κ1) is 7.66. The van der Waals surface area contributed by atoms with Crippen LogP contribution in [-0.2, 0) is 0 Å². The molecular formula is C9H10N2. The molecule has 0 amide bonds. The summed E-state index contributed by atoms with van der Waals surface area (Å²) in [6.07, 6.45) is 8.64. The van der Waals surface area contributed by atoms with E-state index < -0.39 is 0 Å². The van der Waals surface area contributed by atoms with Crippen molar-refractivity contribution in [3.05, 3.63) is 35.7 Å². The molecule has 0 spiro atoms. The Bertz CT molecular complexity index is 277. The summed E-state index contributed by atoms with van der Waals surface area (Å²) in [5, 5.41) is 7.08. The van der Waals surface area contributed by atoms with Crippen LogP contribution in [0.15, 0.2) is 24.5 Å². The molecule has 0 aliphatic carbocycles. The summed E-state index contributed by atoms with van der Waals surface area (Å²) in [6, 6.07) is 1.82. The van der Waals surface area contributed by atoms with Gasteiger partial charge in [-0.1, -0.05) is 12.2 Å². The van der Waals surface area contributed by atoms with E-state index in [2.05, 4.69) is 4.98 Å². The molecule has 0 unspecified atom stereocenters. The van der Waals surface area contributed by atoms with Gasteiger partial charge >= 0.3 is 0 Å². The van der Waals surface area contributed by atoms with Crippen molar-refractivity contribution in [3.63, 3.8) is 0 Å². The number of hydrogen-bond donors (Lipinski definition) is 1. The van der Waals surface area contributed by atoms with E-state index in [0.29, 0.717) is 0 Å². The second kappa shape index (κ2) is 3.66. The van der Waals surface area contributed by atoms with Crippen LogP contribution in [0.2, 0.25) is 0 Å². The third-order valence-electron chi connectivity index (χ3n) is 1.39. The fraction of sp³-hybridized carbons (Fsp3) is 0.111. The Labute approximate surface area is 66.1 Å². The lowest BCUT2D eigenvalue weighted by atomic mass is 10.1. The third kappa shape index (κ3) is 1.74.